The van der Waals surface area contributed by atoms with Crippen LogP contribution in [-0.2, 0) is 11.3 Å². The Kier molecular flexibility index (Phi) is 3.72. The van der Waals surface area contributed by atoms with E-state index in [0.29, 0.717) is 0 Å². The first-order valence-corrected chi connectivity index (χ1v) is 4.13. The van der Waals surface area contributed by atoms with Crippen molar-refractivity contribution in [3.05, 3.63) is 22.5 Å². The van der Waals surface area contributed by atoms with Crippen LogP contribution in [0.1, 0.15) is 0 Å². The van der Waals surface area contributed by atoms with Gasteiger partial charge < -0.3 is 15.4 Å². The van der Waals surface area contributed by atoms with Gasteiger partial charge in [0.25, 0.3) is 5.91 Å². The summed E-state index contributed by atoms with van der Waals surface area (Å²) >= 11 is 0. The van der Waals surface area contributed by atoms with Gasteiger partial charge in [0.1, 0.15) is 12.4 Å². The first-order valence-electron chi connectivity index (χ1n) is 4.13. The van der Waals surface area contributed by atoms with Gasteiger partial charge in [0.15, 0.2) is 6.67 Å². The maximum atomic E-state index is 11.7. The molecule has 1 heterocycles. The molecule has 0 aromatic carbocycles. The lowest BCUT2D eigenvalue weighted by Crippen LogP contribution is -2.28. The Morgan fingerprint density at radius 1 is 1.73 bits per heavy atom. The molecule has 1 N–H and O–H groups in total. The summed E-state index contributed by atoms with van der Waals surface area (Å²) in [7, 11) is 0. The zero-order valence-electron chi connectivity index (χ0n) is 7.72. The van der Waals surface area contributed by atoms with Gasteiger partial charge in [0.05, 0.1) is 6.54 Å². The molecular formula is C7H9FN4O3. The minimum absolute atomic E-state index is 0.125. The van der Waals surface area contributed by atoms with Crippen molar-refractivity contribution < 1.29 is 14.1 Å². The van der Waals surface area contributed by atoms with Gasteiger partial charge in [-0.1, -0.05) is 4.98 Å². The highest BCUT2D eigenvalue weighted by molar-refractivity contribution is 5.76. The summed E-state index contributed by atoms with van der Waals surface area (Å²) in [6.45, 7) is -0.784. The second-order valence-electron chi connectivity index (χ2n) is 2.66. The van der Waals surface area contributed by atoms with E-state index in [1.54, 1.807) is 0 Å². The summed E-state index contributed by atoms with van der Waals surface area (Å²) < 4.78 is 13.0. The van der Waals surface area contributed by atoms with Crippen molar-refractivity contribution in [1.82, 2.24) is 14.9 Å². The fourth-order valence-corrected chi connectivity index (χ4v) is 1.01. The summed E-state index contributed by atoms with van der Waals surface area (Å²) in [6.07, 6.45) is 2.70. The van der Waals surface area contributed by atoms with Crippen LogP contribution < -0.4 is 5.32 Å². The molecule has 0 bridgehead atoms. The molecule has 0 atom stereocenters. The van der Waals surface area contributed by atoms with Gasteiger partial charge >= 0.3 is 5.95 Å². The molecule has 15 heavy (non-hydrogen) atoms. The molecule has 1 amide bonds. The lowest BCUT2D eigenvalue weighted by atomic mass is 10.5. The lowest BCUT2D eigenvalue weighted by Gasteiger charge is -2.02. The number of imidazole rings is 1. The van der Waals surface area contributed by atoms with Crippen molar-refractivity contribution in [3.63, 3.8) is 0 Å². The van der Waals surface area contributed by atoms with E-state index in [1.165, 1.54) is 17.0 Å². The van der Waals surface area contributed by atoms with Crippen molar-refractivity contribution >= 4 is 11.9 Å². The molecule has 82 valence electrons. The molecule has 1 aromatic heterocycles. The lowest BCUT2D eigenvalue weighted by molar-refractivity contribution is -0.396. The Labute approximate surface area is 84.1 Å². The number of nitrogens with zero attached hydrogens (tertiary/aromatic N) is 3. The largest absolute Gasteiger partial charge is 0.434 e. The molecule has 0 spiro atoms. The number of alkyl halides is 1. The zero-order chi connectivity index (χ0) is 11.3. The predicted octanol–water partition coefficient (Wildman–Crippen LogP) is -0.123. The van der Waals surface area contributed by atoms with Gasteiger partial charge in [-0.2, -0.15) is 0 Å². The van der Waals surface area contributed by atoms with Crippen molar-refractivity contribution in [3.8, 4) is 0 Å². The third-order valence-corrected chi connectivity index (χ3v) is 1.65. The van der Waals surface area contributed by atoms with E-state index in [-0.39, 0.29) is 19.0 Å². The average Bonchev–Trinajstić information content (AvgIpc) is 2.65. The standard InChI is InChI=1S/C7H9FN4O3/c8-5-6(13)9-1-3-11-4-2-10-7(11)12(14)15/h2,4H,1,3,5H2,(H,9,13)/i8-1. The van der Waals surface area contributed by atoms with E-state index in [1.807, 2.05) is 0 Å². The van der Waals surface area contributed by atoms with Crippen molar-refractivity contribution in [2.75, 3.05) is 13.2 Å². The number of hydrogen-bond donors (Lipinski definition) is 1. The first-order chi connectivity index (χ1) is 7.15. The van der Waals surface area contributed by atoms with Gasteiger partial charge in [0.2, 0.25) is 0 Å². The third kappa shape index (κ3) is 3.01. The Bertz CT molecular complexity index is 365. The quantitative estimate of drug-likeness (QED) is 0.547. The van der Waals surface area contributed by atoms with Gasteiger partial charge in [-0.05, 0) is 4.92 Å². The second-order valence-corrected chi connectivity index (χ2v) is 2.66. The number of halogens is 1. The topological polar surface area (TPSA) is 90.1 Å². The van der Waals surface area contributed by atoms with Gasteiger partial charge in [-0.3, -0.25) is 4.79 Å². The Balaban J connectivity index is 2.47. The number of nitrogens with one attached hydrogen (secondary N) is 1. The molecule has 1 rings (SSSR count). The molecule has 0 aliphatic heterocycles. The molecular weight excluding hydrogens is 206 g/mol. The number of carbonyl (C=O) groups excluding carboxylic acids is 1. The van der Waals surface area contributed by atoms with Gasteiger partial charge in [0, 0.05) is 6.54 Å². The highest BCUT2D eigenvalue weighted by Crippen LogP contribution is 2.05. The summed E-state index contributed by atoms with van der Waals surface area (Å²) in [5, 5.41) is 12.7. The highest BCUT2D eigenvalue weighted by Gasteiger charge is 2.13. The fourth-order valence-electron chi connectivity index (χ4n) is 1.01. The SMILES string of the molecule is O=C(C[18F])NCCn1ccnc1[N+](=O)[O-]. The summed E-state index contributed by atoms with van der Waals surface area (Å²) in [4.78, 5) is 23.8. The number of nitro groups is 1. The molecule has 0 fully saturated rings. The minimum atomic E-state index is -1.09. The Morgan fingerprint density at radius 3 is 3.07 bits per heavy atom. The molecule has 0 radical (unpaired) electrons. The van der Waals surface area contributed by atoms with Crippen LogP contribution in [0.25, 0.3) is 0 Å². The number of amides is 1. The first kappa shape index (κ1) is 11.1. The van der Waals surface area contributed by atoms with E-state index in [2.05, 4.69) is 10.3 Å². The van der Waals surface area contributed by atoms with E-state index >= 15 is 0 Å². The predicted molar refractivity (Wildman–Crippen MR) is 47.9 cm³/mol. The normalized spacial score (nSPS) is 9.93. The van der Waals surface area contributed by atoms with Crippen LogP contribution in [0.4, 0.5) is 10.3 Å². The van der Waals surface area contributed by atoms with E-state index in [0.717, 1.165) is 0 Å². The van der Waals surface area contributed by atoms with Crippen LogP contribution in [0.5, 0.6) is 0 Å². The molecule has 0 saturated heterocycles. The maximum absolute atomic E-state index is 11.7. The smallest absolute Gasteiger partial charge is 0.390 e. The van der Waals surface area contributed by atoms with Crippen molar-refractivity contribution in [2.24, 2.45) is 0 Å². The van der Waals surface area contributed by atoms with Crippen LogP contribution in [0.2, 0.25) is 0 Å². The molecule has 8 heteroatoms. The van der Waals surface area contributed by atoms with Crippen molar-refractivity contribution in [1.29, 1.82) is 0 Å². The van der Waals surface area contributed by atoms with Crippen LogP contribution in [-0.4, -0.2) is 33.6 Å². The minimum Gasteiger partial charge on any atom is -0.390 e. The average molecular weight is 215 g/mol. The third-order valence-electron chi connectivity index (χ3n) is 1.65. The summed E-state index contributed by atoms with van der Waals surface area (Å²) in [6, 6.07) is 0. The molecule has 0 aliphatic rings. The molecule has 0 aliphatic carbocycles. The molecule has 1 aromatic rings. The zero-order valence-corrected chi connectivity index (χ0v) is 7.72. The van der Waals surface area contributed by atoms with Gasteiger partial charge in [-0.15, -0.1) is 0 Å². The van der Waals surface area contributed by atoms with Crippen LogP contribution in [0.3, 0.4) is 0 Å². The number of carbonyl (C=O) groups is 1. The number of hydrogen-bond acceptors (Lipinski definition) is 4. The van der Waals surface area contributed by atoms with Crippen LogP contribution in [0.15, 0.2) is 12.4 Å². The summed E-state index contributed by atoms with van der Waals surface area (Å²) in [5.74, 6) is -1.04. The van der Waals surface area contributed by atoms with Crippen LogP contribution in [0, 0.1) is 10.1 Å². The number of aromatic nitrogens is 2. The van der Waals surface area contributed by atoms with Crippen LogP contribution >= 0.6 is 0 Å². The van der Waals surface area contributed by atoms with Gasteiger partial charge in [-0.25, -0.2) is 8.96 Å². The van der Waals surface area contributed by atoms with E-state index in [4.69, 9.17) is 0 Å². The monoisotopic (exact) mass is 215 g/mol. The Hall–Kier alpha value is -1.99. The number of rotatable bonds is 5. The second kappa shape index (κ2) is 5.03. The van der Waals surface area contributed by atoms with E-state index in [9.17, 15) is 19.3 Å². The Morgan fingerprint density at radius 2 is 2.47 bits per heavy atom. The fraction of sp³-hybridized carbons (Fsp3) is 0.429. The van der Waals surface area contributed by atoms with Crippen molar-refractivity contribution in [2.45, 2.75) is 6.54 Å². The van der Waals surface area contributed by atoms with E-state index < -0.39 is 17.5 Å². The molecule has 7 nitrogen and oxygen atoms in total. The molecule has 0 unspecified atom stereocenters. The molecule has 0 saturated carbocycles. The maximum Gasteiger partial charge on any atom is 0.434 e. The summed E-state index contributed by atoms with van der Waals surface area (Å²) in [5.41, 5.74) is 0. The highest BCUT2D eigenvalue weighted by atomic mass is 18.2.